The highest BCUT2D eigenvalue weighted by molar-refractivity contribution is 9.10. The molecule has 2 rings (SSSR count). The predicted octanol–water partition coefficient (Wildman–Crippen LogP) is 2.83. The maximum Gasteiger partial charge on any atom is 0.0948 e. The Kier molecular flexibility index (Phi) is 3.47. The van der Waals surface area contributed by atoms with E-state index >= 15 is 0 Å². The van der Waals surface area contributed by atoms with Crippen molar-refractivity contribution < 1.29 is 5.11 Å². The first-order valence-corrected chi connectivity index (χ1v) is 6.65. The van der Waals surface area contributed by atoms with E-state index in [1.165, 1.54) is 0 Å². The summed E-state index contributed by atoms with van der Waals surface area (Å²) in [5.41, 5.74) is 2.03. The first-order valence-electron chi connectivity index (χ1n) is 4.98. The van der Waals surface area contributed by atoms with Crippen LogP contribution in [0.2, 0.25) is 0 Å². The summed E-state index contributed by atoms with van der Waals surface area (Å²) in [6.07, 6.45) is 0.125. The van der Waals surface area contributed by atoms with Crippen molar-refractivity contribution in [2.24, 2.45) is 7.05 Å². The molecule has 0 aromatic carbocycles. The fourth-order valence-electron chi connectivity index (χ4n) is 1.69. The van der Waals surface area contributed by atoms with Gasteiger partial charge in [-0.25, -0.2) is 0 Å². The topological polar surface area (TPSA) is 38.0 Å². The van der Waals surface area contributed by atoms with Crippen molar-refractivity contribution in [2.75, 3.05) is 0 Å². The molecule has 0 radical (unpaired) electrons. The molecule has 1 unspecified atom stereocenters. The van der Waals surface area contributed by atoms with Crippen LogP contribution in [0.1, 0.15) is 22.4 Å². The molecule has 0 aliphatic heterocycles. The molecule has 2 aromatic heterocycles. The standard InChI is InChI=1S/C11H13BrN2OS/c1-7-5-8(14(2)13-7)6-10(15)11-9(12)3-4-16-11/h3-5,10,15H,6H2,1-2H3. The quantitative estimate of drug-likeness (QED) is 0.946. The molecule has 0 saturated heterocycles. The third-order valence-electron chi connectivity index (χ3n) is 2.45. The van der Waals surface area contributed by atoms with E-state index in [0.717, 1.165) is 20.7 Å². The minimum Gasteiger partial charge on any atom is -0.387 e. The second-order valence-corrected chi connectivity index (χ2v) is 5.56. The average Bonchev–Trinajstić information content (AvgIpc) is 2.74. The fraction of sp³-hybridized carbons (Fsp3) is 0.364. The van der Waals surface area contributed by atoms with Crippen molar-refractivity contribution in [3.05, 3.63) is 38.3 Å². The molecule has 1 atom stereocenters. The van der Waals surface area contributed by atoms with Gasteiger partial charge in [-0.1, -0.05) is 0 Å². The van der Waals surface area contributed by atoms with E-state index in [-0.39, 0.29) is 0 Å². The highest BCUT2D eigenvalue weighted by Gasteiger charge is 2.15. The molecule has 0 bridgehead atoms. The Bertz CT molecular complexity index is 492. The minimum absolute atomic E-state index is 0.468. The predicted molar refractivity (Wildman–Crippen MR) is 68.6 cm³/mol. The third kappa shape index (κ3) is 2.36. The molecule has 1 N–H and O–H groups in total. The van der Waals surface area contributed by atoms with E-state index in [1.54, 1.807) is 11.3 Å². The summed E-state index contributed by atoms with van der Waals surface area (Å²) in [6.45, 7) is 1.96. The highest BCUT2D eigenvalue weighted by Crippen LogP contribution is 2.30. The van der Waals surface area contributed by atoms with Crippen LogP contribution in [0.15, 0.2) is 22.0 Å². The number of hydrogen-bond acceptors (Lipinski definition) is 3. The molecule has 3 nitrogen and oxygen atoms in total. The zero-order chi connectivity index (χ0) is 11.7. The van der Waals surface area contributed by atoms with Gasteiger partial charge in [0.15, 0.2) is 0 Å². The molecule has 16 heavy (non-hydrogen) atoms. The van der Waals surface area contributed by atoms with Gasteiger partial charge in [-0.15, -0.1) is 11.3 Å². The van der Waals surface area contributed by atoms with Crippen LogP contribution < -0.4 is 0 Å². The number of thiophene rings is 1. The van der Waals surface area contributed by atoms with Crippen LogP contribution in [-0.2, 0) is 13.5 Å². The van der Waals surface area contributed by atoms with Gasteiger partial charge in [0.1, 0.15) is 0 Å². The summed E-state index contributed by atoms with van der Waals surface area (Å²) in [5, 5.41) is 16.4. The van der Waals surface area contributed by atoms with Gasteiger partial charge in [0.2, 0.25) is 0 Å². The van der Waals surface area contributed by atoms with Crippen molar-refractivity contribution in [3.63, 3.8) is 0 Å². The van der Waals surface area contributed by atoms with Gasteiger partial charge in [-0.2, -0.15) is 5.10 Å². The van der Waals surface area contributed by atoms with Crippen LogP contribution in [0, 0.1) is 6.92 Å². The number of aliphatic hydroxyl groups excluding tert-OH is 1. The lowest BCUT2D eigenvalue weighted by Crippen LogP contribution is -2.05. The summed E-state index contributed by atoms with van der Waals surface area (Å²) in [5.74, 6) is 0. The summed E-state index contributed by atoms with van der Waals surface area (Å²) in [6, 6.07) is 3.96. The molecule has 0 aliphatic rings. The van der Waals surface area contributed by atoms with Crippen molar-refractivity contribution in [1.29, 1.82) is 0 Å². The van der Waals surface area contributed by atoms with Crippen LogP contribution in [0.4, 0.5) is 0 Å². The SMILES string of the molecule is Cc1cc(CC(O)c2sccc2Br)n(C)n1. The van der Waals surface area contributed by atoms with Gasteiger partial charge in [-0.05, 0) is 40.4 Å². The Balaban J connectivity index is 2.16. The minimum atomic E-state index is -0.468. The number of aryl methyl sites for hydroxylation is 2. The summed E-state index contributed by atoms with van der Waals surface area (Å²) >= 11 is 4.99. The molecule has 0 fully saturated rings. The Morgan fingerprint density at radius 3 is 2.88 bits per heavy atom. The van der Waals surface area contributed by atoms with Crippen LogP contribution in [0.5, 0.6) is 0 Å². The van der Waals surface area contributed by atoms with Crippen molar-refractivity contribution in [1.82, 2.24) is 9.78 Å². The van der Waals surface area contributed by atoms with Crippen LogP contribution >= 0.6 is 27.3 Å². The molecule has 5 heteroatoms. The van der Waals surface area contributed by atoms with Crippen LogP contribution in [0.25, 0.3) is 0 Å². The van der Waals surface area contributed by atoms with Crippen LogP contribution in [-0.4, -0.2) is 14.9 Å². The Morgan fingerprint density at radius 2 is 2.38 bits per heavy atom. The van der Waals surface area contributed by atoms with E-state index in [9.17, 15) is 5.11 Å². The van der Waals surface area contributed by atoms with E-state index in [2.05, 4.69) is 21.0 Å². The first kappa shape index (κ1) is 11.8. The number of hydrogen-bond donors (Lipinski definition) is 1. The number of aliphatic hydroxyl groups is 1. The Hall–Kier alpha value is -0.650. The largest absolute Gasteiger partial charge is 0.387 e. The lowest BCUT2D eigenvalue weighted by atomic mass is 10.1. The van der Waals surface area contributed by atoms with E-state index in [4.69, 9.17) is 0 Å². The number of halogens is 1. The molecule has 0 spiro atoms. The summed E-state index contributed by atoms with van der Waals surface area (Å²) in [7, 11) is 1.90. The van der Waals surface area contributed by atoms with E-state index in [1.807, 2.05) is 36.2 Å². The van der Waals surface area contributed by atoms with Gasteiger partial charge < -0.3 is 5.11 Å². The molecule has 0 aliphatic carbocycles. The molecular formula is C11H13BrN2OS. The molecule has 2 heterocycles. The van der Waals surface area contributed by atoms with Crippen molar-refractivity contribution in [2.45, 2.75) is 19.4 Å². The van der Waals surface area contributed by atoms with Gasteiger partial charge in [-0.3, -0.25) is 4.68 Å². The highest BCUT2D eigenvalue weighted by atomic mass is 79.9. The van der Waals surface area contributed by atoms with Gasteiger partial charge in [0, 0.05) is 28.5 Å². The van der Waals surface area contributed by atoms with Crippen molar-refractivity contribution in [3.8, 4) is 0 Å². The molecule has 0 saturated carbocycles. The Morgan fingerprint density at radius 1 is 1.62 bits per heavy atom. The monoisotopic (exact) mass is 300 g/mol. The van der Waals surface area contributed by atoms with Crippen molar-refractivity contribution >= 4 is 27.3 Å². The maximum absolute atomic E-state index is 10.1. The maximum atomic E-state index is 10.1. The Labute approximate surface area is 107 Å². The zero-order valence-electron chi connectivity index (χ0n) is 9.14. The second kappa shape index (κ2) is 4.69. The molecule has 86 valence electrons. The molecule has 2 aromatic rings. The summed E-state index contributed by atoms with van der Waals surface area (Å²) in [4.78, 5) is 0.971. The second-order valence-electron chi connectivity index (χ2n) is 3.75. The van der Waals surface area contributed by atoms with E-state index < -0.39 is 6.10 Å². The molecular weight excluding hydrogens is 288 g/mol. The van der Waals surface area contributed by atoms with E-state index in [0.29, 0.717) is 6.42 Å². The lowest BCUT2D eigenvalue weighted by molar-refractivity contribution is 0.179. The molecule has 0 amide bonds. The smallest absolute Gasteiger partial charge is 0.0948 e. The first-order chi connectivity index (χ1) is 7.58. The zero-order valence-corrected chi connectivity index (χ0v) is 11.5. The van der Waals surface area contributed by atoms with Crippen LogP contribution in [0.3, 0.4) is 0 Å². The lowest BCUT2D eigenvalue weighted by Gasteiger charge is -2.09. The summed E-state index contributed by atoms with van der Waals surface area (Å²) < 4.78 is 2.80. The van der Waals surface area contributed by atoms with Gasteiger partial charge in [0.05, 0.1) is 11.8 Å². The number of nitrogens with zero attached hydrogens (tertiary/aromatic N) is 2. The number of aromatic nitrogens is 2. The fourth-order valence-corrected chi connectivity index (χ4v) is 3.31. The van der Waals surface area contributed by atoms with Gasteiger partial charge in [0.25, 0.3) is 0 Å². The average molecular weight is 301 g/mol. The van der Waals surface area contributed by atoms with Gasteiger partial charge >= 0.3 is 0 Å². The third-order valence-corrected chi connectivity index (χ3v) is 4.42. The number of rotatable bonds is 3. The normalized spacial score (nSPS) is 13.0.